The summed E-state index contributed by atoms with van der Waals surface area (Å²) in [6, 6.07) is 6.57. The summed E-state index contributed by atoms with van der Waals surface area (Å²) in [7, 11) is 0. The molecule has 1 saturated carbocycles. The lowest BCUT2D eigenvalue weighted by Crippen LogP contribution is -2.45. The number of piperidine rings is 1. The Balaban J connectivity index is 1.18. The van der Waals surface area contributed by atoms with Crippen LogP contribution in [0.25, 0.3) is 27.9 Å². The van der Waals surface area contributed by atoms with Gasteiger partial charge in [0.15, 0.2) is 11.3 Å². The Morgan fingerprint density at radius 3 is 2.74 bits per heavy atom. The molecule has 3 aliphatic heterocycles. The maximum atomic E-state index is 6.53. The number of nitrogens with zero attached hydrogens (tertiary/aromatic N) is 5. The Hall–Kier alpha value is -3.13. The molecule has 2 spiro atoms. The van der Waals surface area contributed by atoms with E-state index in [4.69, 9.17) is 19.4 Å². The molecular weight excluding hydrogens is 440 g/mol. The van der Waals surface area contributed by atoms with Crippen LogP contribution in [0, 0.1) is 5.41 Å². The number of aromatic amines is 1. The maximum absolute atomic E-state index is 6.53. The van der Waals surface area contributed by atoms with Gasteiger partial charge in [-0.3, -0.25) is 9.50 Å². The molecule has 1 aromatic carbocycles. The van der Waals surface area contributed by atoms with E-state index in [1.165, 1.54) is 31.2 Å². The number of rotatable bonds is 2. The second-order valence-electron chi connectivity index (χ2n) is 11.1. The van der Waals surface area contributed by atoms with Crippen molar-refractivity contribution in [1.82, 2.24) is 24.6 Å². The second-order valence-corrected chi connectivity index (χ2v) is 11.1. The van der Waals surface area contributed by atoms with Gasteiger partial charge in [0.25, 0.3) is 0 Å². The van der Waals surface area contributed by atoms with Crippen LogP contribution < -0.4 is 9.64 Å². The fourth-order valence-corrected chi connectivity index (χ4v) is 6.66. The molecule has 6 heterocycles. The molecule has 4 aromatic rings. The molecule has 8 rings (SSSR count). The van der Waals surface area contributed by atoms with E-state index >= 15 is 0 Å². The highest BCUT2D eigenvalue weighted by molar-refractivity contribution is 6.01. The van der Waals surface area contributed by atoms with E-state index in [0.29, 0.717) is 11.1 Å². The summed E-state index contributed by atoms with van der Waals surface area (Å²) in [4.78, 5) is 12.2. The highest BCUT2D eigenvalue weighted by atomic mass is 16.5. The predicted octanol–water partition coefficient (Wildman–Crippen LogP) is 4.53. The number of hydrogen-bond acceptors (Lipinski definition) is 6. The highest BCUT2D eigenvalue weighted by Gasteiger charge is 2.42. The molecule has 0 bridgehead atoms. The summed E-state index contributed by atoms with van der Waals surface area (Å²) >= 11 is 0. The monoisotopic (exact) mass is 470 g/mol. The summed E-state index contributed by atoms with van der Waals surface area (Å²) in [5.74, 6) is 1.95. The van der Waals surface area contributed by atoms with Crippen molar-refractivity contribution in [2.24, 2.45) is 5.41 Å². The van der Waals surface area contributed by atoms with E-state index in [1.54, 1.807) is 0 Å². The Bertz CT molecular complexity index is 1430. The van der Waals surface area contributed by atoms with Crippen molar-refractivity contribution in [2.45, 2.75) is 57.0 Å². The molecule has 0 atom stereocenters. The first-order valence-corrected chi connectivity index (χ1v) is 13.1. The smallest absolute Gasteiger partial charge is 0.213 e. The number of hydrogen-bond donors (Lipinski definition) is 1. The normalized spacial score (nSPS) is 22.6. The van der Waals surface area contributed by atoms with Gasteiger partial charge in [-0.25, -0.2) is 4.98 Å². The van der Waals surface area contributed by atoms with Crippen LogP contribution in [0.5, 0.6) is 5.75 Å². The number of imidazole rings is 1. The molecule has 2 saturated heterocycles. The molecule has 180 valence electrons. The molecule has 35 heavy (non-hydrogen) atoms. The highest BCUT2D eigenvalue weighted by Crippen LogP contribution is 2.46. The summed E-state index contributed by atoms with van der Waals surface area (Å²) in [5, 5.41) is 8.89. The fourth-order valence-electron chi connectivity index (χ4n) is 6.66. The van der Waals surface area contributed by atoms with E-state index in [0.717, 1.165) is 86.0 Å². The van der Waals surface area contributed by atoms with Crippen molar-refractivity contribution in [1.29, 1.82) is 0 Å². The Labute approximate surface area is 203 Å². The van der Waals surface area contributed by atoms with E-state index in [2.05, 4.69) is 37.7 Å². The first-order chi connectivity index (χ1) is 17.2. The summed E-state index contributed by atoms with van der Waals surface area (Å²) < 4.78 is 14.4. The first-order valence-electron chi connectivity index (χ1n) is 13.1. The van der Waals surface area contributed by atoms with Gasteiger partial charge in [-0.1, -0.05) is 12.1 Å². The number of aryl methyl sites for hydroxylation is 1. The minimum Gasteiger partial charge on any atom is -0.487 e. The van der Waals surface area contributed by atoms with Crippen molar-refractivity contribution in [3.8, 4) is 17.0 Å². The van der Waals surface area contributed by atoms with Crippen molar-refractivity contribution >= 4 is 22.6 Å². The third kappa shape index (κ3) is 2.98. The summed E-state index contributed by atoms with van der Waals surface area (Å²) in [6.45, 7) is 3.77. The molecule has 3 aromatic heterocycles. The average Bonchev–Trinajstić information content (AvgIpc) is 3.62. The number of benzene rings is 1. The molecule has 1 aliphatic carbocycles. The molecule has 1 N–H and O–H groups in total. The summed E-state index contributed by atoms with van der Waals surface area (Å²) in [6.07, 6.45) is 13.2. The lowest BCUT2D eigenvalue weighted by molar-refractivity contribution is -0.0248. The lowest BCUT2D eigenvalue weighted by atomic mass is 9.74. The number of anilines is 1. The zero-order valence-corrected chi connectivity index (χ0v) is 19.9. The number of H-pyrrole nitrogens is 1. The molecule has 8 nitrogen and oxygen atoms in total. The van der Waals surface area contributed by atoms with Gasteiger partial charge in [0.2, 0.25) is 5.95 Å². The molecule has 0 amide bonds. The molecule has 0 radical (unpaired) electrons. The van der Waals surface area contributed by atoms with Crippen molar-refractivity contribution in [2.75, 3.05) is 31.2 Å². The van der Waals surface area contributed by atoms with Crippen LogP contribution in [0.15, 0.2) is 30.6 Å². The van der Waals surface area contributed by atoms with Crippen LogP contribution in [0.4, 0.5) is 5.95 Å². The Kier molecular flexibility index (Phi) is 4.13. The standard InChI is InChI=1S/C27H30N6O2/c1-5-27(6-1)7-4-18-2-3-19(16-20(18)35-27)22-21-23(31-30-22)29-25(33-14-11-28-24(21)33)32-12-8-26(9-13-32)10-15-34-17-26/h2-3,11,14,16H,1,4-10,12-13,15,17H2,(H,30,31). The zero-order chi connectivity index (χ0) is 23.0. The minimum absolute atomic E-state index is 0.0755. The minimum atomic E-state index is 0.0755. The third-order valence-corrected chi connectivity index (χ3v) is 9.12. The Morgan fingerprint density at radius 2 is 1.94 bits per heavy atom. The molecule has 4 aliphatic rings. The van der Waals surface area contributed by atoms with E-state index in [9.17, 15) is 0 Å². The maximum Gasteiger partial charge on any atom is 0.213 e. The number of aromatic nitrogens is 5. The van der Waals surface area contributed by atoms with Crippen molar-refractivity contribution in [3.05, 3.63) is 36.2 Å². The largest absolute Gasteiger partial charge is 0.487 e. The zero-order valence-electron chi connectivity index (χ0n) is 19.9. The van der Waals surface area contributed by atoms with E-state index in [1.807, 2.05) is 12.4 Å². The number of fused-ring (bicyclic) bond motifs is 4. The quantitative estimate of drug-likeness (QED) is 0.464. The number of ether oxygens (including phenoxy) is 2. The summed E-state index contributed by atoms with van der Waals surface area (Å²) in [5.41, 5.74) is 5.38. The molecule has 8 heteroatoms. The van der Waals surface area contributed by atoms with Crippen LogP contribution in [-0.4, -0.2) is 56.5 Å². The lowest BCUT2D eigenvalue weighted by Gasteiger charge is -2.45. The van der Waals surface area contributed by atoms with Gasteiger partial charge in [0.05, 0.1) is 17.7 Å². The van der Waals surface area contributed by atoms with Crippen LogP contribution in [0.1, 0.15) is 50.5 Å². The van der Waals surface area contributed by atoms with Gasteiger partial charge in [-0.2, -0.15) is 10.1 Å². The van der Waals surface area contributed by atoms with Crippen LogP contribution >= 0.6 is 0 Å². The van der Waals surface area contributed by atoms with E-state index in [-0.39, 0.29) is 5.60 Å². The van der Waals surface area contributed by atoms with Gasteiger partial charge in [0.1, 0.15) is 11.4 Å². The van der Waals surface area contributed by atoms with Crippen molar-refractivity contribution in [3.63, 3.8) is 0 Å². The first kappa shape index (κ1) is 20.1. The van der Waals surface area contributed by atoms with Crippen LogP contribution in [0.3, 0.4) is 0 Å². The van der Waals surface area contributed by atoms with Gasteiger partial charge >= 0.3 is 0 Å². The molecule has 3 fully saturated rings. The average molecular weight is 471 g/mol. The van der Waals surface area contributed by atoms with Crippen LogP contribution in [0.2, 0.25) is 0 Å². The van der Waals surface area contributed by atoms with Gasteiger partial charge in [-0.15, -0.1) is 0 Å². The topological polar surface area (TPSA) is 80.6 Å². The second kappa shape index (κ2) is 7.20. The fraction of sp³-hybridized carbons (Fsp3) is 0.519. The number of nitrogens with one attached hydrogen (secondary N) is 1. The van der Waals surface area contributed by atoms with Gasteiger partial charge in [-0.05, 0) is 68.4 Å². The van der Waals surface area contributed by atoms with Crippen LogP contribution in [-0.2, 0) is 11.2 Å². The third-order valence-electron chi connectivity index (χ3n) is 9.12. The molecule has 0 unspecified atom stereocenters. The SMILES string of the molecule is c1cn2c(N3CCC4(CCOC4)CC3)nc3n[nH]c(-c4ccc5c(c4)OC4(CCC4)CC5)c3c2n1. The van der Waals surface area contributed by atoms with Gasteiger partial charge < -0.3 is 14.4 Å². The Morgan fingerprint density at radius 1 is 1.03 bits per heavy atom. The predicted molar refractivity (Wildman–Crippen MR) is 133 cm³/mol. The van der Waals surface area contributed by atoms with E-state index < -0.39 is 0 Å². The van der Waals surface area contributed by atoms with Gasteiger partial charge in [0, 0.05) is 37.7 Å². The van der Waals surface area contributed by atoms with Crippen molar-refractivity contribution < 1.29 is 9.47 Å². The molecular formula is C27H30N6O2.